The van der Waals surface area contributed by atoms with Gasteiger partial charge in [0.05, 0.1) is 11.1 Å². The summed E-state index contributed by atoms with van der Waals surface area (Å²) in [6, 6.07) is 4.83. The van der Waals surface area contributed by atoms with E-state index in [9.17, 15) is 19.1 Å². The van der Waals surface area contributed by atoms with Crippen molar-refractivity contribution in [1.82, 2.24) is 9.97 Å². The van der Waals surface area contributed by atoms with Crippen LogP contribution in [0.4, 0.5) is 10.1 Å². The zero-order valence-electron chi connectivity index (χ0n) is 11.1. The van der Waals surface area contributed by atoms with Gasteiger partial charge in [0.15, 0.2) is 5.16 Å². The number of aromatic nitrogens is 2. The molecule has 0 radical (unpaired) electrons. The lowest BCUT2D eigenvalue weighted by atomic mass is 10.3. The zero-order valence-corrected chi connectivity index (χ0v) is 12.7. The Balaban J connectivity index is 1.85. The maximum absolute atomic E-state index is 13.0. The number of nitrogens with one attached hydrogen (secondary N) is 2. The van der Waals surface area contributed by atoms with Gasteiger partial charge in [-0.2, -0.15) is 4.98 Å². The molecule has 0 bridgehead atoms. The van der Waals surface area contributed by atoms with Crippen LogP contribution in [0.15, 0.2) is 34.2 Å². The van der Waals surface area contributed by atoms with Crippen molar-refractivity contribution in [1.29, 1.82) is 0 Å². The van der Waals surface area contributed by atoms with E-state index in [4.69, 9.17) is 11.6 Å². The van der Waals surface area contributed by atoms with E-state index in [0.29, 0.717) is 11.4 Å². The van der Waals surface area contributed by atoms with Crippen molar-refractivity contribution < 1.29 is 14.3 Å². The lowest BCUT2D eigenvalue weighted by molar-refractivity contribution is -0.115. The topological polar surface area (TPSA) is 95.1 Å². The summed E-state index contributed by atoms with van der Waals surface area (Å²) < 4.78 is 13.0. The molecule has 0 unspecified atom stereocenters. The van der Waals surface area contributed by atoms with Crippen LogP contribution in [-0.2, 0) is 4.79 Å². The van der Waals surface area contributed by atoms with Gasteiger partial charge in [-0.15, -0.1) is 0 Å². The highest BCUT2D eigenvalue weighted by Gasteiger charge is 2.07. The Labute approximate surface area is 133 Å². The lowest BCUT2D eigenvalue weighted by Gasteiger charge is -2.06. The van der Waals surface area contributed by atoms with Crippen molar-refractivity contribution in [3.8, 4) is 5.88 Å². The first-order chi connectivity index (χ1) is 10.4. The van der Waals surface area contributed by atoms with Gasteiger partial charge < -0.3 is 15.4 Å². The molecular weight excluding hydrogens is 333 g/mol. The molecule has 3 N–H and O–H groups in total. The van der Waals surface area contributed by atoms with Crippen LogP contribution in [0, 0.1) is 5.82 Å². The molecule has 116 valence electrons. The summed E-state index contributed by atoms with van der Waals surface area (Å²) in [6.45, 7) is 0. The molecule has 2 aromatic rings. The fraction of sp³-hybridized carbons (Fsp3) is 0.154. The summed E-state index contributed by atoms with van der Waals surface area (Å²) in [7, 11) is 0. The Morgan fingerprint density at radius 2 is 2.23 bits per heavy atom. The minimum absolute atomic E-state index is 0.0753. The third kappa shape index (κ3) is 4.74. The number of hydrogen-bond donors (Lipinski definition) is 3. The van der Waals surface area contributed by atoms with Crippen LogP contribution in [0.2, 0.25) is 5.02 Å². The summed E-state index contributed by atoms with van der Waals surface area (Å²) in [6.07, 6.45) is 0.138. The molecule has 0 atom stereocenters. The van der Waals surface area contributed by atoms with Crippen LogP contribution in [0.1, 0.15) is 6.42 Å². The van der Waals surface area contributed by atoms with Gasteiger partial charge in [-0.25, -0.2) is 4.39 Å². The summed E-state index contributed by atoms with van der Waals surface area (Å²) >= 11 is 6.73. The molecule has 1 heterocycles. The standard InChI is InChI=1S/C13H11ClFN3O3S/c14-8-5-7(1-2-9(8)15)16-10(19)3-4-22-13-17-11(20)6-12(21)18-13/h1-2,5-6H,3-4H2,(H,16,19)(H2,17,18,20,21). The van der Waals surface area contributed by atoms with Gasteiger partial charge in [-0.05, 0) is 18.2 Å². The molecule has 0 spiro atoms. The van der Waals surface area contributed by atoms with Gasteiger partial charge in [-0.3, -0.25) is 9.59 Å². The number of carbonyl (C=O) groups is 1. The smallest absolute Gasteiger partial charge is 0.255 e. The van der Waals surface area contributed by atoms with Crippen LogP contribution in [0.3, 0.4) is 0 Å². The van der Waals surface area contributed by atoms with E-state index in [1.54, 1.807) is 0 Å². The van der Waals surface area contributed by atoms with Crippen molar-refractivity contribution >= 4 is 35.0 Å². The Kier molecular flexibility index (Phi) is 5.40. The number of thioether (sulfide) groups is 1. The number of aromatic amines is 1. The van der Waals surface area contributed by atoms with Crippen molar-refractivity contribution in [2.75, 3.05) is 11.1 Å². The minimum Gasteiger partial charge on any atom is -0.493 e. The lowest BCUT2D eigenvalue weighted by Crippen LogP contribution is -2.12. The Hall–Kier alpha value is -2.06. The molecule has 0 saturated heterocycles. The SMILES string of the molecule is O=C(CCSc1nc(O)cc(=O)[nH]1)Nc1ccc(F)c(Cl)c1. The average Bonchev–Trinajstić information content (AvgIpc) is 2.42. The molecule has 6 nitrogen and oxygen atoms in total. The van der Waals surface area contributed by atoms with Gasteiger partial charge >= 0.3 is 0 Å². The number of H-pyrrole nitrogens is 1. The monoisotopic (exact) mass is 343 g/mol. The molecule has 0 fully saturated rings. The highest BCUT2D eigenvalue weighted by atomic mass is 35.5. The molecule has 1 aromatic carbocycles. The largest absolute Gasteiger partial charge is 0.493 e. The number of anilines is 1. The maximum Gasteiger partial charge on any atom is 0.255 e. The van der Waals surface area contributed by atoms with E-state index in [0.717, 1.165) is 23.9 Å². The number of hydrogen-bond acceptors (Lipinski definition) is 5. The van der Waals surface area contributed by atoms with Gasteiger partial charge in [-0.1, -0.05) is 23.4 Å². The van der Waals surface area contributed by atoms with E-state index in [2.05, 4.69) is 15.3 Å². The molecular formula is C13H11ClFN3O3S. The first kappa shape index (κ1) is 16.3. The van der Waals surface area contributed by atoms with E-state index in [1.807, 2.05) is 0 Å². The summed E-state index contributed by atoms with van der Waals surface area (Å²) in [4.78, 5) is 29.0. The molecule has 0 aliphatic rings. The normalized spacial score (nSPS) is 10.5. The number of amides is 1. The predicted molar refractivity (Wildman–Crippen MR) is 81.9 cm³/mol. The Bertz CT molecular complexity index is 754. The first-order valence-electron chi connectivity index (χ1n) is 6.12. The number of nitrogens with zero attached hydrogens (tertiary/aromatic N) is 1. The summed E-state index contributed by atoms with van der Waals surface area (Å²) in [5.74, 6) is -0.892. The number of aromatic hydroxyl groups is 1. The molecule has 2 rings (SSSR count). The second-order valence-electron chi connectivity index (χ2n) is 4.18. The quantitative estimate of drug-likeness (QED) is 0.572. The predicted octanol–water partition coefficient (Wildman–Crippen LogP) is 2.39. The second kappa shape index (κ2) is 7.28. The van der Waals surface area contributed by atoms with Crippen LogP contribution in [0.25, 0.3) is 0 Å². The maximum atomic E-state index is 13.0. The second-order valence-corrected chi connectivity index (χ2v) is 5.68. The van der Waals surface area contributed by atoms with Gasteiger partial charge in [0, 0.05) is 17.9 Å². The summed E-state index contributed by atoms with van der Waals surface area (Å²) in [5.41, 5.74) is -0.0781. The van der Waals surface area contributed by atoms with Gasteiger partial charge in [0.25, 0.3) is 5.56 Å². The first-order valence-corrected chi connectivity index (χ1v) is 7.48. The van der Waals surface area contributed by atoms with Gasteiger partial charge in [0.2, 0.25) is 11.8 Å². The zero-order chi connectivity index (χ0) is 16.1. The fourth-order valence-corrected chi connectivity index (χ4v) is 2.52. The molecule has 0 saturated carbocycles. The molecule has 0 aliphatic carbocycles. The van der Waals surface area contributed by atoms with Gasteiger partial charge in [0.1, 0.15) is 5.82 Å². The van der Waals surface area contributed by atoms with Crippen molar-refractivity contribution in [3.63, 3.8) is 0 Å². The van der Waals surface area contributed by atoms with Crippen LogP contribution < -0.4 is 10.9 Å². The van der Waals surface area contributed by atoms with Crippen molar-refractivity contribution in [2.45, 2.75) is 11.6 Å². The fourth-order valence-electron chi connectivity index (χ4n) is 1.53. The Morgan fingerprint density at radius 1 is 1.45 bits per heavy atom. The summed E-state index contributed by atoms with van der Waals surface area (Å²) in [5, 5.41) is 11.9. The molecule has 1 amide bonds. The number of benzene rings is 1. The van der Waals surface area contributed by atoms with E-state index in [-0.39, 0.29) is 28.4 Å². The average molecular weight is 344 g/mol. The molecule has 22 heavy (non-hydrogen) atoms. The van der Waals surface area contributed by atoms with Crippen LogP contribution in [-0.4, -0.2) is 26.7 Å². The molecule has 1 aromatic heterocycles. The third-order valence-electron chi connectivity index (χ3n) is 2.48. The van der Waals surface area contributed by atoms with Crippen molar-refractivity contribution in [3.05, 3.63) is 45.5 Å². The van der Waals surface area contributed by atoms with Crippen LogP contribution >= 0.6 is 23.4 Å². The highest BCUT2D eigenvalue weighted by Crippen LogP contribution is 2.20. The number of carbonyl (C=O) groups excluding carboxylic acids is 1. The van der Waals surface area contributed by atoms with E-state index in [1.165, 1.54) is 12.1 Å². The van der Waals surface area contributed by atoms with E-state index < -0.39 is 11.4 Å². The number of halogens is 2. The highest BCUT2D eigenvalue weighted by molar-refractivity contribution is 7.99. The molecule has 9 heteroatoms. The Morgan fingerprint density at radius 3 is 2.91 bits per heavy atom. The van der Waals surface area contributed by atoms with E-state index >= 15 is 0 Å². The minimum atomic E-state index is -0.561. The van der Waals surface area contributed by atoms with Crippen molar-refractivity contribution in [2.24, 2.45) is 0 Å². The third-order valence-corrected chi connectivity index (χ3v) is 3.64. The number of rotatable bonds is 5. The van der Waals surface area contributed by atoms with Crippen LogP contribution in [0.5, 0.6) is 5.88 Å². The molecule has 0 aliphatic heterocycles.